The van der Waals surface area contributed by atoms with Crippen LogP contribution in [-0.4, -0.2) is 36.8 Å². The van der Waals surface area contributed by atoms with Gasteiger partial charge in [0.1, 0.15) is 5.75 Å². The third-order valence-corrected chi connectivity index (χ3v) is 3.84. The zero-order valence-electron chi connectivity index (χ0n) is 9.81. The number of ether oxygens (including phenoxy) is 1. The summed E-state index contributed by atoms with van der Waals surface area (Å²) in [7, 11) is 1.62. The summed E-state index contributed by atoms with van der Waals surface area (Å²) in [4.78, 5) is 14.5. The van der Waals surface area contributed by atoms with Gasteiger partial charge in [-0.3, -0.25) is 4.79 Å². The van der Waals surface area contributed by atoms with Gasteiger partial charge in [-0.05, 0) is 24.6 Å². The fourth-order valence-corrected chi connectivity index (χ4v) is 2.46. The van der Waals surface area contributed by atoms with Gasteiger partial charge in [-0.25, -0.2) is 0 Å². The summed E-state index contributed by atoms with van der Waals surface area (Å²) < 4.78 is 5.13. The van der Waals surface area contributed by atoms with E-state index in [4.69, 9.17) is 10.5 Å². The molecule has 17 heavy (non-hydrogen) atoms. The van der Waals surface area contributed by atoms with Crippen molar-refractivity contribution in [2.24, 2.45) is 0 Å². The van der Waals surface area contributed by atoms with Gasteiger partial charge in [0.05, 0.1) is 12.9 Å². The summed E-state index contributed by atoms with van der Waals surface area (Å²) in [5, 5.41) is 0. The predicted molar refractivity (Wildman–Crippen MR) is 69.3 cm³/mol. The Morgan fingerprint density at radius 3 is 2.88 bits per heavy atom. The highest BCUT2D eigenvalue weighted by atomic mass is 32.2. The van der Waals surface area contributed by atoms with Crippen molar-refractivity contribution in [3.8, 4) is 5.75 Å². The molecule has 4 nitrogen and oxygen atoms in total. The average molecular weight is 252 g/mol. The Bertz CT molecular complexity index is 419. The minimum absolute atomic E-state index is 0.184. The molecule has 0 spiro atoms. The Hall–Kier alpha value is -1.36. The normalized spacial score (nSPS) is 14.3. The van der Waals surface area contributed by atoms with Crippen molar-refractivity contribution < 1.29 is 9.53 Å². The first kappa shape index (κ1) is 12.1. The molecule has 1 aliphatic heterocycles. The van der Waals surface area contributed by atoms with E-state index in [1.807, 2.05) is 17.0 Å². The number of amides is 1. The summed E-state index contributed by atoms with van der Waals surface area (Å²) in [6, 6.07) is 5.48. The second kappa shape index (κ2) is 5.31. The zero-order valence-corrected chi connectivity index (χ0v) is 10.6. The first-order valence-electron chi connectivity index (χ1n) is 5.55. The summed E-state index contributed by atoms with van der Waals surface area (Å²) in [6.07, 6.45) is 1.12. The Morgan fingerprint density at radius 2 is 2.29 bits per heavy atom. The van der Waals surface area contributed by atoms with Gasteiger partial charge in [-0.1, -0.05) is 0 Å². The zero-order chi connectivity index (χ0) is 12.3. The molecule has 0 aromatic heterocycles. The van der Waals surface area contributed by atoms with Crippen molar-refractivity contribution in [3.05, 3.63) is 18.2 Å². The molecule has 1 aromatic carbocycles. The number of nitrogen functional groups attached to an aromatic ring is 1. The number of carbonyl (C=O) groups is 1. The fraction of sp³-hybridized carbons (Fsp3) is 0.417. The van der Waals surface area contributed by atoms with E-state index in [1.165, 1.54) is 11.8 Å². The van der Waals surface area contributed by atoms with Crippen molar-refractivity contribution in [1.29, 1.82) is 0 Å². The monoisotopic (exact) mass is 252 g/mol. The third-order valence-electron chi connectivity index (χ3n) is 2.78. The Balaban J connectivity index is 1.95. The van der Waals surface area contributed by atoms with E-state index < -0.39 is 0 Å². The molecule has 1 aliphatic rings. The molecular weight excluding hydrogens is 236 g/mol. The van der Waals surface area contributed by atoms with Crippen LogP contribution in [0.4, 0.5) is 5.69 Å². The molecule has 0 radical (unpaired) electrons. The molecule has 1 aromatic rings. The van der Waals surface area contributed by atoms with Crippen LogP contribution in [0.5, 0.6) is 5.75 Å². The number of likely N-dealkylation sites (tertiary alicyclic amines) is 1. The van der Waals surface area contributed by atoms with Gasteiger partial charge in [0.25, 0.3) is 0 Å². The molecule has 2 rings (SSSR count). The number of rotatable bonds is 4. The lowest BCUT2D eigenvalue weighted by Gasteiger charge is -2.30. The maximum Gasteiger partial charge on any atom is 0.232 e. The molecule has 1 saturated heterocycles. The molecule has 0 atom stereocenters. The lowest BCUT2D eigenvalue weighted by molar-refractivity contribution is -0.131. The minimum Gasteiger partial charge on any atom is -0.497 e. The highest BCUT2D eigenvalue weighted by Gasteiger charge is 2.20. The summed E-state index contributed by atoms with van der Waals surface area (Å²) in [5.74, 6) is 1.39. The van der Waals surface area contributed by atoms with E-state index in [2.05, 4.69) is 0 Å². The Morgan fingerprint density at radius 1 is 1.53 bits per heavy atom. The molecule has 5 heteroatoms. The molecule has 0 aliphatic carbocycles. The van der Waals surface area contributed by atoms with Crippen LogP contribution in [0, 0.1) is 0 Å². The number of hydrogen-bond acceptors (Lipinski definition) is 4. The van der Waals surface area contributed by atoms with Crippen molar-refractivity contribution in [2.45, 2.75) is 11.3 Å². The molecule has 1 amide bonds. The largest absolute Gasteiger partial charge is 0.497 e. The van der Waals surface area contributed by atoms with E-state index >= 15 is 0 Å². The predicted octanol–water partition coefficient (Wildman–Crippen LogP) is 1.60. The van der Waals surface area contributed by atoms with E-state index in [0.717, 1.165) is 30.2 Å². The van der Waals surface area contributed by atoms with Crippen LogP contribution >= 0.6 is 11.8 Å². The number of nitrogens with two attached hydrogens (primary N) is 1. The molecule has 0 saturated carbocycles. The SMILES string of the molecule is COc1ccc(N)c(SCC(=O)N2CCC2)c1. The van der Waals surface area contributed by atoms with Gasteiger partial charge in [-0.2, -0.15) is 0 Å². The van der Waals surface area contributed by atoms with Crippen molar-refractivity contribution >= 4 is 23.4 Å². The van der Waals surface area contributed by atoms with Crippen LogP contribution in [0.1, 0.15) is 6.42 Å². The lowest BCUT2D eigenvalue weighted by atomic mass is 10.2. The van der Waals surface area contributed by atoms with Gasteiger partial charge in [0, 0.05) is 23.7 Å². The first-order valence-corrected chi connectivity index (χ1v) is 6.53. The van der Waals surface area contributed by atoms with Gasteiger partial charge in [0.2, 0.25) is 5.91 Å². The molecule has 1 fully saturated rings. The van der Waals surface area contributed by atoms with E-state index in [1.54, 1.807) is 13.2 Å². The summed E-state index contributed by atoms with van der Waals surface area (Å²) in [6.45, 7) is 1.79. The standard InChI is InChI=1S/C12H16N2O2S/c1-16-9-3-4-10(13)11(7-9)17-8-12(15)14-5-2-6-14/h3-4,7H,2,5-6,8,13H2,1H3. The van der Waals surface area contributed by atoms with Gasteiger partial charge >= 0.3 is 0 Å². The number of methoxy groups -OCH3 is 1. The third kappa shape index (κ3) is 2.85. The Labute approximate surface area is 105 Å². The van der Waals surface area contributed by atoms with Gasteiger partial charge in [-0.15, -0.1) is 11.8 Å². The van der Waals surface area contributed by atoms with E-state index in [0.29, 0.717) is 11.4 Å². The molecule has 1 heterocycles. The molecule has 0 unspecified atom stereocenters. The number of thioether (sulfide) groups is 1. The van der Waals surface area contributed by atoms with Crippen LogP contribution in [-0.2, 0) is 4.79 Å². The number of nitrogens with zero attached hydrogens (tertiary/aromatic N) is 1. The van der Waals surface area contributed by atoms with Crippen LogP contribution < -0.4 is 10.5 Å². The van der Waals surface area contributed by atoms with Crippen molar-refractivity contribution in [2.75, 3.05) is 31.7 Å². The first-order chi connectivity index (χ1) is 8.20. The maximum atomic E-state index is 11.7. The topological polar surface area (TPSA) is 55.6 Å². The number of anilines is 1. The van der Waals surface area contributed by atoms with Crippen LogP contribution in [0.25, 0.3) is 0 Å². The maximum absolute atomic E-state index is 11.7. The summed E-state index contributed by atoms with van der Waals surface area (Å²) in [5.41, 5.74) is 6.54. The van der Waals surface area contributed by atoms with Crippen molar-refractivity contribution in [1.82, 2.24) is 4.90 Å². The molecular formula is C12H16N2O2S. The Kier molecular flexibility index (Phi) is 3.78. The quantitative estimate of drug-likeness (QED) is 0.653. The van der Waals surface area contributed by atoms with Crippen molar-refractivity contribution in [3.63, 3.8) is 0 Å². The second-order valence-corrected chi connectivity index (χ2v) is 4.94. The molecule has 0 bridgehead atoms. The average Bonchev–Trinajstić information content (AvgIpc) is 2.25. The lowest BCUT2D eigenvalue weighted by Crippen LogP contribution is -2.43. The molecule has 2 N–H and O–H groups in total. The molecule has 92 valence electrons. The highest BCUT2D eigenvalue weighted by Crippen LogP contribution is 2.29. The minimum atomic E-state index is 0.184. The van der Waals surface area contributed by atoms with Gasteiger partial charge in [0.15, 0.2) is 0 Å². The van der Waals surface area contributed by atoms with Gasteiger partial charge < -0.3 is 15.4 Å². The van der Waals surface area contributed by atoms with Crippen LogP contribution in [0.15, 0.2) is 23.1 Å². The number of carbonyl (C=O) groups excluding carboxylic acids is 1. The summed E-state index contributed by atoms with van der Waals surface area (Å²) >= 11 is 1.47. The fourth-order valence-electron chi connectivity index (χ4n) is 1.56. The van der Waals surface area contributed by atoms with Crippen LogP contribution in [0.2, 0.25) is 0 Å². The highest BCUT2D eigenvalue weighted by molar-refractivity contribution is 8.00. The second-order valence-electron chi connectivity index (χ2n) is 3.93. The smallest absolute Gasteiger partial charge is 0.232 e. The number of hydrogen-bond donors (Lipinski definition) is 1. The number of benzene rings is 1. The van der Waals surface area contributed by atoms with E-state index in [9.17, 15) is 4.79 Å². The van der Waals surface area contributed by atoms with E-state index in [-0.39, 0.29) is 5.91 Å². The van der Waals surface area contributed by atoms with Crippen LogP contribution in [0.3, 0.4) is 0 Å².